The van der Waals surface area contributed by atoms with E-state index in [2.05, 4.69) is 46.3 Å². The third-order valence-electron chi connectivity index (χ3n) is 6.05. The van der Waals surface area contributed by atoms with Gasteiger partial charge >= 0.3 is 0 Å². The normalized spacial score (nSPS) is 16.6. The number of methoxy groups -OCH3 is 1. The van der Waals surface area contributed by atoms with E-state index in [1.54, 1.807) is 13.4 Å². The molecule has 1 unspecified atom stereocenters. The van der Waals surface area contributed by atoms with Crippen molar-refractivity contribution in [2.75, 3.05) is 19.4 Å². The second-order valence-electron chi connectivity index (χ2n) is 7.98. The smallest absolute Gasteiger partial charge is 0.233 e. The van der Waals surface area contributed by atoms with Gasteiger partial charge < -0.3 is 9.64 Å². The average molecular weight is 451 g/mol. The van der Waals surface area contributed by atoms with Gasteiger partial charge in [-0.15, -0.1) is 10.2 Å². The fourth-order valence-electron chi connectivity index (χ4n) is 4.32. The van der Waals surface area contributed by atoms with Crippen molar-refractivity contribution < 1.29 is 9.53 Å². The summed E-state index contributed by atoms with van der Waals surface area (Å²) >= 11 is 1.46. The number of likely N-dealkylation sites (tertiary alicyclic amines) is 1. The third-order valence-corrected chi connectivity index (χ3v) is 6.97. The summed E-state index contributed by atoms with van der Waals surface area (Å²) in [6, 6.07) is 16.5. The lowest BCUT2D eigenvalue weighted by Crippen LogP contribution is -2.36. The predicted molar refractivity (Wildman–Crippen MR) is 127 cm³/mol. The van der Waals surface area contributed by atoms with Crippen molar-refractivity contribution in [3.05, 3.63) is 66.0 Å². The molecule has 1 saturated heterocycles. The van der Waals surface area contributed by atoms with Crippen LogP contribution in [0.1, 0.15) is 49.8 Å². The van der Waals surface area contributed by atoms with E-state index in [9.17, 15) is 4.79 Å². The molecule has 1 fully saturated rings. The van der Waals surface area contributed by atoms with E-state index in [4.69, 9.17) is 4.74 Å². The number of aromatic nitrogens is 3. The SMILES string of the molecule is CCc1ccccc1-n1cnnc1SCC(=O)N1CCCCCC1c1ccc(OC)cc1. The van der Waals surface area contributed by atoms with Gasteiger partial charge in [-0.1, -0.05) is 61.9 Å². The topological polar surface area (TPSA) is 60.2 Å². The number of thioether (sulfide) groups is 1. The van der Waals surface area contributed by atoms with E-state index in [-0.39, 0.29) is 11.9 Å². The van der Waals surface area contributed by atoms with E-state index >= 15 is 0 Å². The van der Waals surface area contributed by atoms with Crippen LogP contribution in [0.5, 0.6) is 5.75 Å². The molecule has 32 heavy (non-hydrogen) atoms. The molecule has 1 aliphatic rings. The number of hydrogen-bond acceptors (Lipinski definition) is 5. The Labute approximate surface area is 194 Å². The average Bonchev–Trinajstić information content (AvgIpc) is 3.17. The molecule has 6 nitrogen and oxygen atoms in total. The Bertz CT molecular complexity index is 1030. The molecule has 1 atom stereocenters. The van der Waals surface area contributed by atoms with Crippen LogP contribution < -0.4 is 4.74 Å². The Morgan fingerprint density at radius 2 is 1.94 bits per heavy atom. The van der Waals surface area contributed by atoms with Crippen LogP contribution in [0.4, 0.5) is 0 Å². The Morgan fingerprint density at radius 3 is 2.72 bits per heavy atom. The number of hydrogen-bond donors (Lipinski definition) is 0. The van der Waals surface area contributed by atoms with Crippen LogP contribution in [-0.4, -0.2) is 45.0 Å². The lowest BCUT2D eigenvalue weighted by atomic mass is 10.0. The van der Waals surface area contributed by atoms with E-state index in [0.29, 0.717) is 5.75 Å². The van der Waals surface area contributed by atoms with Gasteiger partial charge in [0.25, 0.3) is 0 Å². The lowest BCUT2D eigenvalue weighted by Gasteiger charge is -2.30. The second kappa shape index (κ2) is 10.7. The van der Waals surface area contributed by atoms with Crippen molar-refractivity contribution >= 4 is 17.7 Å². The molecular weight excluding hydrogens is 420 g/mol. The molecule has 2 aromatic carbocycles. The molecule has 0 N–H and O–H groups in total. The molecule has 3 aromatic rings. The number of ether oxygens (including phenoxy) is 1. The third kappa shape index (κ3) is 4.99. The van der Waals surface area contributed by atoms with E-state index in [1.165, 1.54) is 22.9 Å². The van der Waals surface area contributed by atoms with Gasteiger partial charge in [-0.05, 0) is 48.6 Å². The van der Waals surface area contributed by atoms with Crippen molar-refractivity contribution in [2.24, 2.45) is 0 Å². The highest BCUT2D eigenvalue weighted by molar-refractivity contribution is 7.99. The number of para-hydroxylation sites is 1. The Kier molecular flexibility index (Phi) is 7.47. The summed E-state index contributed by atoms with van der Waals surface area (Å²) in [4.78, 5) is 15.4. The zero-order valence-electron chi connectivity index (χ0n) is 18.7. The quantitative estimate of drug-likeness (QED) is 0.470. The first-order valence-corrected chi connectivity index (χ1v) is 12.2. The zero-order valence-corrected chi connectivity index (χ0v) is 19.6. The van der Waals surface area contributed by atoms with Crippen LogP contribution in [-0.2, 0) is 11.2 Å². The number of aryl methyl sites for hydroxylation is 1. The van der Waals surface area contributed by atoms with Gasteiger partial charge in [0, 0.05) is 6.54 Å². The number of carbonyl (C=O) groups is 1. The van der Waals surface area contributed by atoms with Crippen LogP contribution in [0.2, 0.25) is 0 Å². The molecule has 4 rings (SSSR count). The molecule has 7 heteroatoms. The number of nitrogens with zero attached hydrogens (tertiary/aromatic N) is 4. The summed E-state index contributed by atoms with van der Waals surface area (Å²) < 4.78 is 7.29. The summed E-state index contributed by atoms with van der Waals surface area (Å²) in [5.41, 5.74) is 3.47. The van der Waals surface area contributed by atoms with Crippen LogP contribution in [0.3, 0.4) is 0 Å². The van der Waals surface area contributed by atoms with E-state index in [1.807, 2.05) is 28.8 Å². The van der Waals surface area contributed by atoms with E-state index in [0.717, 1.165) is 55.2 Å². The molecule has 0 aliphatic carbocycles. The van der Waals surface area contributed by atoms with Crippen LogP contribution in [0, 0.1) is 0 Å². The minimum atomic E-state index is 0.107. The Hall–Kier alpha value is -2.80. The standard InChI is InChI=1S/C25H30N4O2S/c1-3-19-9-6-7-11-22(19)29-18-26-27-25(29)32-17-24(30)28-16-8-4-5-10-23(28)20-12-14-21(31-2)15-13-20/h6-7,9,11-15,18,23H,3-5,8,10,16-17H2,1-2H3. The molecule has 1 aromatic heterocycles. The fraction of sp³-hybridized carbons (Fsp3) is 0.400. The molecule has 0 radical (unpaired) electrons. The molecule has 1 aliphatic heterocycles. The lowest BCUT2D eigenvalue weighted by molar-refractivity contribution is -0.130. The highest BCUT2D eigenvalue weighted by Gasteiger charge is 2.27. The van der Waals surface area contributed by atoms with Crippen molar-refractivity contribution in [3.63, 3.8) is 0 Å². The maximum atomic E-state index is 13.3. The van der Waals surface area contributed by atoms with Gasteiger partial charge in [0.05, 0.1) is 24.6 Å². The summed E-state index contributed by atoms with van der Waals surface area (Å²) in [5, 5.41) is 9.15. The van der Waals surface area contributed by atoms with Crippen molar-refractivity contribution in [3.8, 4) is 11.4 Å². The van der Waals surface area contributed by atoms with Crippen molar-refractivity contribution in [1.82, 2.24) is 19.7 Å². The summed E-state index contributed by atoms with van der Waals surface area (Å²) in [5.74, 6) is 1.33. The number of carbonyl (C=O) groups excluding carboxylic acids is 1. The van der Waals surface area contributed by atoms with Gasteiger partial charge in [0.2, 0.25) is 5.91 Å². The summed E-state index contributed by atoms with van der Waals surface area (Å²) in [7, 11) is 1.67. The maximum Gasteiger partial charge on any atom is 0.233 e. The molecule has 0 bridgehead atoms. The Morgan fingerprint density at radius 1 is 1.12 bits per heavy atom. The zero-order chi connectivity index (χ0) is 22.3. The number of benzene rings is 2. The summed E-state index contributed by atoms with van der Waals surface area (Å²) in [6.07, 6.45) is 6.98. The maximum absolute atomic E-state index is 13.3. The first kappa shape index (κ1) is 22.4. The van der Waals surface area contributed by atoms with Crippen LogP contribution in [0.15, 0.2) is 60.0 Å². The van der Waals surface area contributed by atoms with Gasteiger partial charge in [0.1, 0.15) is 12.1 Å². The minimum Gasteiger partial charge on any atom is -0.497 e. The number of amides is 1. The molecule has 168 valence electrons. The first-order valence-electron chi connectivity index (χ1n) is 11.3. The number of rotatable bonds is 7. The second-order valence-corrected chi connectivity index (χ2v) is 8.92. The van der Waals surface area contributed by atoms with Crippen molar-refractivity contribution in [1.29, 1.82) is 0 Å². The molecule has 2 heterocycles. The van der Waals surface area contributed by atoms with Gasteiger partial charge in [-0.25, -0.2) is 0 Å². The van der Waals surface area contributed by atoms with Gasteiger partial charge in [0.15, 0.2) is 5.16 Å². The fourth-order valence-corrected chi connectivity index (χ4v) is 5.13. The Balaban J connectivity index is 1.50. The predicted octanol–water partition coefficient (Wildman–Crippen LogP) is 5.07. The molecule has 0 spiro atoms. The van der Waals surface area contributed by atoms with Crippen molar-refractivity contribution in [2.45, 2.75) is 50.2 Å². The molecule has 1 amide bonds. The van der Waals surface area contributed by atoms with E-state index < -0.39 is 0 Å². The first-order chi connectivity index (χ1) is 15.7. The highest BCUT2D eigenvalue weighted by atomic mass is 32.2. The van der Waals surface area contributed by atoms with Gasteiger partial charge in [-0.3, -0.25) is 9.36 Å². The monoisotopic (exact) mass is 450 g/mol. The largest absolute Gasteiger partial charge is 0.497 e. The highest BCUT2D eigenvalue weighted by Crippen LogP contribution is 2.32. The van der Waals surface area contributed by atoms with Crippen LogP contribution in [0.25, 0.3) is 5.69 Å². The molecular formula is C25H30N4O2S. The van der Waals surface area contributed by atoms with Crippen LogP contribution >= 0.6 is 11.8 Å². The molecule has 0 saturated carbocycles. The summed E-state index contributed by atoms with van der Waals surface area (Å²) in [6.45, 7) is 2.93. The van der Waals surface area contributed by atoms with Gasteiger partial charge in [-0.2, -0.15) is 0 Å². The minimum absolute atomic E-state index is 0.107.